The maximum Gasteiger partial charge on any atom is 0.264 e. The van der Waals surface area contributed by atoms with Gasteiger partial charge in [0.1, 0.15) is 11.2 Å². The van der Waals surface area contributed by atoms with Gasteiger partial charge in [0.2, 0.25) is 0 Å². The van der Waals surface area contributed by atoms with Crippen LogP contribution in [0.2, 0.25) is 0 Å². The Hall–Kier alpha value is -2.81. The van der Waals surface area contributed by atoms with Gasteiger partial charge in [-0.1, -0.05) is 13.8 Å². The second-order valence-electron chi connectivity index (χ2n) is 8.53. The topological polar surface area (TPSA) is 107 Å². The predicted octanol–water partition coefficient (Wildman–Crippen LogP) is 2.54. The number of rotatable bonds is 5. The highest BCUT2D eigenvalue weighted by molar-refractivity contribution is 5.97. The number of aromatic amines is 1. The minimum Gasteiger partial charge on any atom is -0.382 e. The fourth-order valence-corrected chi connectivity index (χ4v) is 4.18. The largest absolute Gasteiger partial charge is 0.382 e. The molecule has 4 heterocycles. The molecule has 0 amide bonds. The normalized spacial score (nSPS) is 16.7. The Morgan fingerprint density at radius 2 is 1.97 bits per heavy atom. The number of piperidine rings is 1. The fraction of sp³-hybridized carbons (Fsp3) is 0.571. The average molecular weight is 414 g/mol. The Labute approximate surface area is 175 Å². The molecule has 3 aromatic rings. The molecule has 1 fully saturated rings. The number of hydrogen-bond donors (Lipinski definition) is 2. The van der Waals surface area contributed by atoms with Gasteiger partial charge in [-0.05, 0) is 25.7 Å². The Balaban J connectivity index is 1.80. The first kappa shape index (κ1) is 20.5. The maximum atomic E-state index is 13.1. The van der Waals surface area contributed by atoms with E-state index in [1.807, 2.05) is 24.9 Å². The molecule has 1 atom stereocenters. The van der Waals surface area contributed by atoms with Crippen molar-refractivity contribution in [2.45, 2.75) is 45.8 Å². The van der Waals surface area contributed by atoms with E-state index in [0.717, 1.165) is 43.0 Å². The van der Waals surface area contributed by atoms with Crippen LogP contribution in [0.4, 0.5) is 11.6 Å². The van der Waals surface area contributed by atoms with E-state index >= 15 is 0 Å². The van der Waals surface area contributed by atoms with Gasteiger partial charge in [-0.15, -0.1) is 0 Å². The van der Waals surface area contributed by atoms with Crippen molar-refractivity contribution in [1.82, 2.24) is 24.5 Å². The predicted molar refractivity (Wildman–Crippen MR) is 119 cm³/mol. The van der Waals surface area contributed by atoms with Crippen LogP contribution >= 0.6 is 0 Å². The fourth-order valence-electron chi connectivity index (χ4n) is 4.18. The van der Waals surface area contributed by atoms with Crippen LogP contribution in [0.15, 0.2) is 17.1 Å². The monoisotopic (exact) mass is 413 g/mol. The molecular formula is C21H31N7O2. The van der Waals surface area contributed by atoms with E-state index in [9.17, 15) is 4.79 Å². The molecule has 9 heteroatoms. The molecule has 0 aromatic carbocycles. The quantitative estimate of drug-likeness (QED) is 0.666. The van der Waals surface area contributed by atoms with E-state index in [2.05, 4.69) is 35.0 Å². The molecule has 9 nitrogen and oxygen atoms in total. The van der Waals surface area contributed by atoms with E-state index in [-0.39, 0.29) is 17.4 Å². The summed E-state index contributed by atoms with van der Waals surface area (Å²) in [6.07, 6.45) is 4.20. The third-order valence-corrected chi connectivity index (χ3v) is 6.41. The van der Waals surface area contributed by atoms with Crippen molar-refractivity contribution >= 4 is 22.5 Å². The molecular weight excluding hydrogens is 382 g/mol. The molecule has 0 radical (unpaired) electrons. The first-order valence-corrected chi connectivity index (χ1v) is 10.5. The summed E-state index contributed by atoms with van der Waals surface area (Å²) < 4.78 is 9.15. The third-order valence-electron chi connectivity index (χ3n) is 6.41. The van der Waals surface area contributed by atoms with Gasteiger partial charge in [0.05, 0.1) is 17.3 Å². The lowest BCUT2D eigenvalue weighted by molar-refractivity contribution is 0.0817. The van der Waals surface area contributed by atoms with Crippen LogP contribution in [0.3, 0.4) is 0 Å². The number of aryl methyl sites for hydroxylation is 1. The van der Waals surface area contributed by atoms with Gasteiger partial charge in [-0.25, -0.2) is 0 Å². The van der Waals surface area contributed by atoms with Crippen LogP contribution in [0, 0.1) is 5.92 Å². The Morgan fingerprint density at radius 3 is 2.60 bits per heavy atom. The van der Waals surface area contributed by atoms with Crippen LogP contribution in [0.25, 0.3) is 22.2 Å². The van der Waals surface area contributed by atoms with Crippen molar-refractivity contribution in [2.24, 2.45) is 13.0 Å². The van der Waals surface area contributed by atoms with Crippen molar-refractivity contribution in [1.29, 1.82) is 0 Å². The summed E-state index contributed by atoms with van der Waals surface area (Å²) in [6.45, 7) is 8.09. The highest BCUT2D eigenvalue weighted by atomic mass is 16.5. The van der Waals surface area contributed by atoms with Gasteiger partial charge < -0.3 is 19.9 Å². The number of H-pyrrole nitrogens is 1. The number of pyridine rings is 1. The van der Waals surface area contributed by atoms with Gasteiger partial charge >= 0.3 is 0 Å². The Bertz CT molecular complexity index is 1100. The lowest BCUT2D eigenvalue weighted by atomic mass is 10.0. The van der Waals surface area contributed by atoms with Crippen LogP contribution in [-0.4, -0.2) is 50.8 Å². The molecule has 1 aliphatic heterocycles. The maximum absolute atomic E-state index is 13.1. The summed E-state index contributed by atoms with van der Waals surface area (Å²) in [5.41, 5.74) is 8.17. The number of nitrogens with two attached hydrogens (primary N) is 1. The van der Waals surface area contributed by atoms with Gasteiger partial charge in [0.15, 0.2) is 5.82 Å². The summed E-state index contributed by atoms with van der Waals surface area (Å²) in [5, 5.41) is 12.2. The number of nitrogens with one attached hydrogen (secondary N) is 1. The van der Waals surface area contributed by atoms with Crippen molar-refractivity contribution < 1.29 is 4.74 Å². The Morgan fingerprint density at radius 1 is 1.27 bits per heavy atom. The highest BCUT2D eigenvalue weighted by Gasteiger charge is 2.24. The van der Waals surface area contributed by atoms with Gasteiger partial charge in [-0.2, -0.15) is 10.2 Å². The first-order chi connectivity index (χ1) is 14.3. The second-order valence-corrected chi connectivity index (χ2v) is 8.53. The number of nitrogen functional groups attached to an aromatic ring is 1. The van der Waals surface area contributed by atoms with E-state index in [1.54, 1.807) is 11.7 Å². The Kier molecular flexibility index (Phi) is 5.31. The summed E-state index contributed by atoms with van der Waals surface area (Å²) in [5.74, 6) is 1.57. The van der Waals surface area contributed by atoms with Crippen LogP contribution in [-0.2, 0) is 11.8 Å². The van der Waals surface area contributed by atoms with Crippen LogP contribution in [0.1, 0.15) is 39.7 Å². The summed E-state index contributed by atoms with van der Waals surface area (Å²) >= 11 is 0. The molecule has 4 rings (SSSR count). The smallest absolute Gasteiger partial charge is 0.264 e. The van der Waals surface area contributed by atoms with Gasteiger partial charge in [-0.3, -0.25) is 14.6 Å². The molecule has 0 saturated carbocycles. The molecule has 3 aromatic heterocycles. The minimum atomic E-state index is -0.126. The number of aromatic nitrogens is 5. The minimum absolute atomic E-state index is 0.0196. The van der Waals surface area contributed by atoms with E-state index < -0.39 is 0 Å². The zero-order chi connectivity index (χ0) is 21.6. The number of ether oxygens (including phenoxy) is 1. The van der Waals surface area contributed by atoms with Gasteiger partial charge in [0, 0.05) is 51.1 Å². The number of methoxy groups -OCH3 is 1. The first-order valence-electron chi connectivity index (χ1n) is 10.5. The van der Waals surface area contributed by atoms with Crippen molar-refractivity contribution in [3.63, 3.8) is 0 Å². The van der Waals surface area contributed by atoms with Crippen molar-refractivity contribution in [3.8, 4) is 11.3 Å². The van der Waals surface area contributed by atoms with E-state index in [4.69, 9.17) is 15.6 Å². The zero-order valence-electron chi connectivity index (χ0n) is 18.3. The number of nitrogens with zero attached hydrogens (tertiary/aromatic N) is 5. The zero-order valence-corrected chi connectivity index (χ0v) is 18.3. The number of anilines is 2. The molecule has 1 aliphatic rings. The number of fused-ring (bicyclic) bond motifs is 1. The summed E-state index contributed by atoms with van der Waals surface area (Å²) in [7, 11) is 3.73. The molecule has 0 unspecified atom stereocenters. The number of hydrogen-bond acceptors (Lipinski definition) is 6. The lowest BCUT2D eigenvalue weighted by Crippen LogP contribution is -2.37. The summed E-state index contributed by atoms with van der Waals surface area (Å²) in [4.78, 5) is 15.4. The second kappa shape index (κ2) is 7.79. The van der Waals surface area contributed by atoms with E-state index in [0.29, 0.717) is 22.9 Å². The lowest BCUT2D eigenvalue weighted by Gasteiger charge is -2.32. The molecule has 1 saturated heterocycles. The molecule has 3 N–H and O–H groups in total. The van der Waals surface area contributed by atoms with Crippen molar-refractivity contribution in [2.75, 3.05) is 30.8 Å². The molecule has 0 spiro atoms. The van der Waals surface area contributed by atoms with Crippen LogP contribution < -0.4 is 16.2 Å². The summed E-state index contributed by atoms with van der Waals surface area (Å²) in [6, 6.07) is 2.10. The molecule has 0 bridgehead atoms. The van der Waals surface area contributed by atoms with Gasteiger partial charge in [0.25, 0.3) is 5.56 Å². The SMILES string of the molecule is COC1CCN(c2cc(-c3cn([C@@H](C)C(C)C)c(=O)c4c(N)n[nH]c34)nn2C)CC1. The van der Waals surface area contributed by atoms with Crippen molar-refractivity contribution in [3.05, 3.63) is 22.6 Å². The standard InChI is InChI=1S/C21H31N7O2/c1-12(2)13(3)28-11-15(19-18(21(28)29)20(22)24-23-19)16-10-17(26(4)25-16)27-8-6-14(30-5)7-9-27/h10-14H,6-9H2,1-5H3,(H3,22,23,24)/t13-/m0/s1. The molecule has 0 aliphatic carbocycles. The highest BCUT2D eigenvalue weighted by Crippen LogP contribution is 2.32. The average Bonchev–Trinajstić information content (AvgIpc) is 3.31. The molecule has 30 heavy (non-hydrogen) atoms. The van der Waals surface area contributed by atoms with E-state index in [1.165, 1.54) is 0 Å². The van der Waals surface area contributed by atoms with Crippen LogP contribution in [0.5, 0.6) is 0 Å². The third kappa shape index (κ3) is 3.36. The molecule has 162 valence electrons.